The molecule has 3 N–H and O–H groups in total. The van der Waals surface area contributed by atoms with Gasteiger partial charge in [0, 0.05) is 17.1 Å². The van der Waals surface area contributed by atoms with E-state index in [4.69, 9.17) is 4.79 Å². The molecule has 0 radical (unpaired) electrons. The minimum atomic E-state index is -4.64. The summed E-state index contributed by atoms with van der Waals surface area (Å²) in [6.45, 7) is 1.07. The fourth-order valence-electron chi connectivity index (χ4n) is 5.79. The van der Waals surface area contributed by atoms with E-state index >= 15 is 0 Å². The lowest BCUT2D eigenvalue weighted by Gasteiger charge is -2.56. The van der Waals surface area contributed by atoms with E-state index in [-0.39, 0.29) is 17.0 Å². The van der Waals surface area contributed by atoms with E-state index in [9.17, 15) is 22.7 Å². The normalized spacial score (nSPS) is 26.1. The number of anilines is 2. The molecule has 3 aliphatic rings. The van der Waals surface area contributed by atoms with Crippen LogP contribution in [0, 0.1) is 11.7 Å². The molecule has 1 heterocycles. The lowest BCUT2D eigenvalue weighted by Crippen LogP contribution is -2.59. The molecule has 172 valence electrons. The second-order valence-corrected chi connectivity index (χ2v) is 8.84. The third-order valence-electron chi connectivity index (χ3n) is 7.00. The van der Waals surface area contributed by atoms with Gasteiger partial charge in [-0.2, -0.15) is 13.2 Å². The van der Waals surface area contributed by atoms with Crippen molar-refractivity contribution in [2.75, 3.05) is 11.9 Å². The number of aromatic hydroxyl groups is 1. The zero-order valence-corrected chi connectivity index (χ0v) is 17.5. The highest BCUT2D eigenvalue weighted by atomic mass is 19.4. The van der Waals surface area contributed by atoms with E-state index in [0.717, 1.165) is 19.4 Å². The molecule has 2 aliphatic carbocycles. The Morgan fingerprint density at radius 1 is 1.16 bits per heavy atom. The molecule has 4 nitrogen and oxygen atoms in total. The molecule has 2 fully saturated rings. The number of hydrogen-bond donors (Lipinski definition) is 3. The Balaban J connectivity index is 0.000000363. The van der Waals surface area contributed by atoms with Crippen LogP contribution in [0.3, 0.4) is 0 Å². The molecule has 8 heteroatoms. The number of halogens is 4. The number of phenolic OH excluding ortho intramolecular Hbond substituents is 1. The van der Waals surface area contributed by atoms with E-state index in [1.54, 1.807) is 6.07 Å². The Bertz CT molecular complexity index is 990. The molecule has 0 unspecified atom stereocenters. The molecule has 0 spiro atoms. The van der Waals surface area contributed by atoms with Crippen LogP contribution in [0.1, 0.15) is 43.2 Å². The Morgan fingerprint density at radius 3 is 2.66 bits per heavy atom. The minimum absolute atomic E-state index is 0.233. The summed E-state index contributed by atoms with van der Waals surface area (Å²) in [6.07, 6.45) is 1.61. The van der Waals surface area contributed by atoms with Crippen molar-refractivity contribution in [3.8, 4) is 5.75 Å². The van der Waals surface area contributed by atoms with Crippen LogP contribution < -0.4 is 10.6 Å². The van der Waals surface area contributed by atoms with Crippen LogP contribution in [0.4, 0.5) is 28.9 Å². The highest BCUT2D eigenvalue weighted by Crippen LogP contribution is 2.55. The Hall–Kier alpha value is -2.61. The zero-order valence-electron chi connectivity index (χ0n) is 17.5. The number of aldehydes is 1. The van der Waals surface area contributed by atoms with Crippen LogP contribution in [-0.4, -0.2) is 30.2 Å². The first-order valence-corrected chi connectivity index (χ1v) is 10.9. The smallest absolute Gasteiger partial charge is 0.446 e. The van der Waals surface area contributed by atoms with E-state index in [1.165, 1.54) is 48.9 Å². The van der Waals surface area contributed by atoms with Crippen molar-refractivity contribution in [2.45, 2.75) is 56.2 Å². The van der Waals surface area contributed by atoms with Gasteiger partial charge in [-0.25, -0.2) is 4.39 Å². The fraction of sp³-hybridized carbons (Fsp3) is 0.458. The third-order valence-corrected chi connectivity index (χ3v) is 7.00. The molecule has 1 aliphatic heterocycles. The van der Waals surface area contributed by atoms with Crippen molar-refractivity contribution >= 4 is 17.7 Å². The van der Waals surface area contributed by atoms with Crippen molar-refractivity contribution in [3.05, 3.63) is 53.3 Å². The van der Waals surface area contributed by atoms with Gasteiger partial charge in [-0.15, -0.1) is 0 Å². The van der Waals surface area contributed by atoms with Gasteiger partial charge in [0.15, 0.2) is 0 Å². The first kappa shape index (κ1) is 22.6. The second kappa shape index (κ2) is 8.73. The zero-order chi connectivity index (χ0) is 22.9. The summed E-state index contributed by atoms with van der Waals surface area (Å²) in [4.78, 5) is 8.70. The standard InChI is InChI=1S/C22H25FN2O.C2HF3O/c23-15-4-3-5-16(12-15)25-20-11-14-10-19-17-6-1-2-7-22(17,8-9-24-19)18(14)13-21(20)26;3-2(4,5)1-6/h3-5,11-13,17,19,24-26H,1-2,6-10H2;1H/t17-,19+,22+;/m1./s1. The molecular formula is C24H26F4N2O2. The summed E-state index contributed by atoms with van der Waals surface area (Å²) in [7, 11) is 0. The summed E-state index contributed by atoms with van der Waals surface area (Å²) in [5, 5.41) is 17.6. The first-order valence-electron chi connectivity index (χ1n) is 10.9. The lowest BCUT2D eigenvalue weighted by molar-refractivity contribution is -0.156. The van der Waals surface area contributed by atoms with Crippen LogP contribution in [0.2, 0.25) is 0 Å². The lowest BCUT2D eigenvalue weighted by atomic mass is 9.53. The van der Waals surface area contributed by atoms with Crippen LogP contribution in [-0.2, 0) is 16.6 Å². The molecule has 2 aromatic rings. The van der Waals surface area contributed by atoms with Crippen molar-refractivity contribution in [2.24, 2.45) is 5.92 Å². The van der Waals surface area contributed by atoms with Crippen LogP contribution >= 0.6 is 0 Å². The molecule has 0 aromatic heterocycles. The summed E-state index contributed by atoms with van der Waals surface area (Å²) >= 11 is 0. The summed E-state index contributed by atoms with van der Waals surface area (Å²) in [5.74, 6) is 0.678. The number of carbonyl (C=O) groups is 1. The van der Waals surface area contributed by atoms with Gasteiger partial charge >= 0.3 is 6.18 Å². The minimum Gasteiger partial charge on any atom is -0.506 e. The predicted molar refractivity (Wildman–Crippen MR) is 114 cm³/mol. The van der Waals surface area contributed by atoms with Crippen molar-refractivity contribution in [3.63, 3.8) is 0 Å². The summed E-state index contributed by atoms with van der Waals surface area (Å²) in [5.41, 5.74) is 4.25. The number of alkyl halides is 3. The number of rotatable bonds is 2. The van der Waals surface area contributed by atoms with Gasteiger partial charge in [0.25, 0.3) is 0 Å². The number of piperidine rings is 1. The third kappa shape index (κ3) is 4.46. The van der Waals surface area contributed by atoms with Crippen LogP contribution in [0.5, 0.6) is 5.75 Å². The summed E-state index contributed by atoms with van der Waals surface area (Å²) < 4.78 is 44.7. The fourth-order valence-corrected chi connectivity index (χ4v) is 5.79. The van der Waals surface area contributed by atoms with Gasteiger partial charge in [0.2, 0.25) is 6.29 Å². The molecule has 5 rings (SSSR count). The van der Waals surface area contributed by atoms with Crippen LogP contribution in [0.25, 0.3) is 0 Å². The average molecular weight is 450 g/mol. The maximum Gasteiger partial charge on any atom is 0.446 e. The second-order valence-electron chi connectivity index (χ2n) is 8.84. The SMILES string of the molecule is O=CC(F)(F)F.Oc1cc2c(cc1Nc1cccc(F)c1)C[C@@H]1NCC[C@]23CCCC[C@H]13. The number of nitrogens with one attached hydrogen (secondary N) is 2. The molecule has 32 heavy (non-hydrogen) atoms. The van der Waals surface area contributed by atoms with Gasteiger partial charge in [-0.05, 0) is 79.6 Å². The number of benzene rings is 2. The van der Waals surface area contributed by atoms with Crippen molar-refractivity contribution in [1.29, 1.82) is 0 Å². The molecule has 3 atom stereocenters. The van der Waals surface area contributed by atoms with E-state index < -0.39 is 12.5 Å². The van der Waals surface area contributed by atoms with Gasteiger partial charge in [0.1, 0.15) is 11.6 Å². The maximum atomic E-state index is 13.5. The Kier molecular flexibility index (Phi) is 6.16. The van der Waals surface area contributed by atoms with Gasteiger partial charge in [-0.1, -0.05) is 18.9 Å². The van der Waals surface area contributed by atoms with Crippen molar-refractivity contribution in [1.82, 2.24) is 5.32 Å². The highest BCUT2D eigenvalue weighted by Gasteiger charge is 2.51. The molecule has 2 bridgehead atoms. The van der Waals surface area contributed by atoms with Gasteiger partial charge in [0.05, 0.1) is 5.69 Å². The first-order chi connectivity index (χ1) is 15.2. The number of hydrogen-bond acceptors (Lipinski definition) is 4. The Labute approximate surface area is 184 Å². The quantitative estimate of drug-likeness (QED) is 0.327. The molecule has 0 amide bonds. The number of phenols is 1. The maximum absolute atomic E-state index is 13.5. The topological polar surface area (TPSA) is 61.4 Å². The number of carbonyl (C=O) groups excluding carboxylic acids is 1. The van der Waals surface area contributed by atoms with E-state index in [0.29, 0.717) is 23.3 Å². The van der Waals surface area contributed by atoms with Crippen LogP contribution in [0.15, 0.2) is 36.4 Å². The molecule has 1 saturated carbocycles. The van der Waals surface area contributed by atoms with Gasteiger partial charge < -0.3 is 15.7 Å². The number of fused-ring (bicyclic) bond motifs is 1. The summed E-state index contributed by atoms with van der Waals surface area (Å²) in [6, 6.07) is 11.0. The molecule has 1 saturated heterocycles. The van der Waals surface area contributed by atoms with E-state index in [1.807, 2.05) is 12.1 Å². The van der Waals surface area contributed by atoms with Crippen molar-refractivity contribution < 1.29 is 27.5 Å². The largest absolute Gasteiger partial charge is 0.506 e. The van der Waals surface area contributed by atoms with E-state index in [2.05, 4.69) is 16.7 Å². The van der Waals surface area contributed by atoms with Gasteiger partial charge in [-0.3, -0.25) is 4.79 Å². The Morgan fingerprint density at radius 2 is 1.94 bits per heavy atom. The molecule has 2 aromatic carbocycles. The highest BCUT2D eigenvalue weighted by molar-refractivity contribution is 5.69. The monoisotopic (exact) mass is 450 g/mol. The molecular weight excluding hydrogens is 424 g/mol. The predicted octanol–water partition coefficient (Wildman–Crippen LogP) is 5.37. The average Bonchev–Trinajstić information content (AvgIpc) is 2.75.